The molecule has 0 unspecified atom stereocenters. The van der Waals surface area contributed by atoms with Gasteiger partial charge in [-0.25, -0.2) is 0 Å². The van der Waals surface area contributed by atoms with Crippen LogP contribution in [0.15, 0.2) is 24.3 Å². The smallest absolute Gasteiger partial charge is 0.257 e. The molecule has 0 aliphatic carbocycles. The quantitative estimate of drug-likeness (QED) is 0.690. The van der Waals surface area contributed by atoms with E-state index >= 15 is 0 Å². The predicted octanol–water partition coefficient (Wildman–Crippen LogP) is 0.596. The van der Waals surface area contributed by atoms with Gasteiger partial charge in [-0.2, -0.15) is 5.26 Å². The third kappa shape index (κ3) is 5.32. The van der Waals surface area contributed by atoms with Crippen molar-refractivity contribution in [3.8, 4) is 11.8 Å². The van der Waals surface area contributed by atoms with Gasteiger partial charge >= 0.3 is 0 Å². The summed E-state index contributed by atoms with van der Waals surface area (Å²) >= 11 is 0. The molecule has 0 saturated heterocycles. The minimum absolute atomic E-state index is 0.0441. The highest BCUT2D eigenvalue weighted by atomic mass is 16.5. The topological polar surface area (TPSA) is 88.1 Å². The van der Waals surface area contributed by atoms with Gasteiger partial charge in [-0.1, -0.05) is 12.1 Å². The highest BCUT2D eigenvalue weighted by molar-refractivity contribution is 5.77. The van der Waals surface area contributed by atoms with Crippen molar-refractivity contribution in [3.05, 3.63) is 29.8 Å². The number of nitrogens with one attached hydrogen (secondary N) is 1. The van der Waals surface area contributed by atoms with E-state index in [1.165, 1.54) is 0 Å². The Kier molecular flexibility index (Phi) is 6.30. The second kappa shape index (κ2) is 8.09. The molecule has 3 N–H and O–H groups in total. The summed E-state index contributed by atoms with van der Waals surface area (Å²) in [6.07, 6.45) is 1.09. The predicted molar refractivity (Wildman–Crippen MR) is 67.9 cm³/mol. The zero-order chi connectivity index (χ0) is 13.2. The average molecular weight is 247 g/mol. The monoisotopic (exact) mass is 247 g/mol. The van der Waals surface area contributed by atoms with Crippen molar-refractivity contribution in [1.29, 1.82) is 5.26 Å². The van der Waals surface area contributed by atoms with Gasteiger partial charge in [0, 0.05) is 6.54 Å². The summed E-state index contributed by atoms with van der Waals surface area (Å²) in [5.74, 6) is 0.422. The first-order valence-electron chi connectivity index (χ1n) is 5.81. The average Bonchev–Trinajstić information content (AvgIpc) is 2.38. The summed E-state index contributed by atoms with van der Waals surface area (Å²) in [7, 11) is 0. The van der Waals surface area contributed by atoms with Crippen LogP contribution in [0.1, 0.15) is 12.0 Å². The van der Waals surface area contributed by atoms with Crippen LogP contribution in [0.2, 0.25) is 0 Å². The lowest BCUT2D eigenvalue weighted by Crippen LogP contribution is -2.29. The standard InChI is InChI=1S/C13H17N3O2/c14-6-2-8-16-13(17)10-18-12-4-1-3-11(9-12)5-7-15/h1,3-4,9H,2,5,7-8,10,15H2,(H,16,17). The molecule has 0 aliphatic heterocycles. The van der Waals surface area contributed by atoms with Gasteiger partial charge < -0.3 is 15.8 Å². The van der Waals surface area contributed by atoms with Gasteiger partial charge in [-0.15, -0.1) is 0 Å². The Hall–Kier alpha value is -2.06. The molecular weight excluding hydrogens is 230 g/mol. The summed E-state index contributed by atoms with van der Waals surface area (Å²) in [5.41, 5.74) is 6.55. The van der Waals surface area contributed by atoms with Crippen LogP contribution >= 0.6 is 0 Å². The number of hydrogen-bond donors (Lipinski definition) is 2. The molecule has 1 rings (SSSR count). The van der Waals surface area contributed by atoms with Crippen LogP contribution in [0.25, 0.3) is 0 Å². The fourth-order valence-electron chi connectivity index (χ4n) is 1.42. The number of hydrogen-bond acceptors (Lipinski definition) is 4. The molecule has 5 heteroatoms. The summed E-state index contributed by atoms with van der Waals surface area (Å²) in [6, 6.07) is 9.45. The Balaban J connectivity index is 2.36. The first-order chi connectivity index (χ1) is 8.76. The van der Waals surface area contributed by atoms with Crippen molar-refractivity contribution in [1.82, 2.24) is 5.32 Å². The lowest BCUT2D eigenvalue weighted by molar-refractivity contribution is -0.123. The fourth-order valence-corrected chi connectivity index (χ4v) is 1.42. The van der Waals surface area contributed by atoms with E-state index in [1.807, 2.05) is 24.3 Å². The number of amides is 1. The maximum absolute atomic E-state index is 11.3. The van der Waals surface area contributed by atoms with Crippen LogP contribution < -0.4 is 15.8 Å². The Morgan fingerprint density at radius 1 is 1.50 bits per heavy atom. The van der Waals surface area contributed by atoms with Crippen molar-refractivity contribution < 1.29 is 9.53 Å². The van der Waals surface area contributed by atoms with Crippen molar-refractivity contribution in [3.63, 3.8) is 0 Å². The number of nitrogens with two attached hydrogens (primary N) is 1. The Morgan fingerprint density at radius 2 is 2.33 bits per heavy atom. The number of ether oxygens (including phenoxy) is 1. The fraction of sp³-hybridized carbons (Fsp3) is 0.385. The molecule has 96 valence electrons. The molecule has 0 radical (unpaired) electrons. The minimum Gasteiger partial charge on any atom is -0.484 e. The first-order valence-corrected chi connectivity index (χ1v) is 5.81. The molecule has 0 atom stereocenters. The van der Waals surface area contributed by atoms with Crippen LogP contribution in [0.5, 0.6) is 5.75 Å². The van der Waals surface area contributed by atoms with Crippen LogP contribution in [-0.2, 0) is 11.2 Å². The summed E-state index contributed by atoms with van der Waals surface area (Å²) in [5, 5.41) is 10.9. The maximum Gasteiger partial charge on any atom is 0.257 e. The van der Waals surface area contributed by atoms with Crippen molar-refractivity contribution in [2.75, 3.05) is 19.7 Å². The van der Waals surface area contributed by atoms with E-state index in [0.29, 0.717) is 25.3 Å². The second-order valence-corrected chi connectivity index (χ2v) is 3.73. The number of nitriles is 1. The molecule has 5 nitrogen and oxygen atoms in total. The van der Waals surface area contributed by atoms with E-state index in [4.69, 9.17) is 15.7 Å². The molecular formula is C13H17N3O2. The van der Waals surface area contributed by atoms with Crippen molar-refractivity contribution in [2.24, 2.45) is 5.73 Å². The van der Waals surface area contributed by atoms with Gasteiger partial charge in [0.15, 0.2) is 6.61 Å². The highest BCUT2D eigenvalue weighted by Crippen LogP contribution is 2.13. The third-order valence-electron chi connectivity index (χ3n) is 2.26. The zero-order valence-corrected chi connectivity index (χ0v) is 10.2. The Labute approximate surface area is 107 Å². The molecule has 1 aromatic rings. The molecule has 0 saturated carbocycles. The van der Waals surface area contributed by atoms with Gasteiger partial charge in [-0.05, 0) is 30.7 Å². The largest absolute Gasteiger partial charge is 0.484 e. The Bertz CT molecular complexity index is 426. The molecule has 0 aromatic heterocycles. The van der Waals surface area contributed by atoms with Gasteiger partial charge in [0.25, 0.3) is 5.91 Å². The molecule has 0 spiro atoms. The van der Waals surface area contributed by atoms with Crippen LogP contribution in [-0.4, -0.2) is 25.6 Å². The minimum atomic E-state index is -0.227. The van der Waals surface area contributed by atoms with E-state index in [0.717, 1.165) is 12.0 Å². The lowest BCUT2D eigenvalue weighted by Gasteiger charge is -2.07. The SMILES string of the molecule is N#CCCNC(=O)COc1cccc(CCN)c1. The highest BCUT2D eigenvalue weighted by Gasteiger charge is 2.02. The molecule has 0 heterocycles. The third-order valence-corrected chi connectivity index (χ3v) is 2.26. The number of benzene rings is 1. The number of rotatable bonds is 7. The molecule has 0 bridgehead atoms. The van der Waals surface area contributed by atoms with Crippen molar-refractivity contribution in [2.45, 2.75) is 12.8 Å². The van der Waals surface area contributed by atoms with E-state index in [1.54, 1.807) is 6.07 Å². The molecule has 0 aliphatic rings. The van der Waals surface area contributed by atoms with Crippen molar-refractivity contribution >= 4 is 5.91 Å². The van der Waals surface area contributed by atoms with Crippen LogP contribution in [0.3, 0.4) is 0 Å². The van der Waals surface area contributed by atoms with E-state index in [2.05, 4.69) is 5.32 Å². The van der Waals surface area contributed by atoms with Crippen LogP contribution in [0, 0.1) is 11.3 Å². The summed E-state index contributed by atoms with van der Waals surface area (Å²) in [6.45, 7) is 0.890. The maximum atomic E-state index is 11.3. The normalized spacial score (nSPS) is 9.56. The van der Waals surface area contributed by atoms with Gasteiger partial charge in [0.2, 0.25) is 0 Å². The second-order valence-electron chi connectivity index (χ2n) is 3.73. The molecule has 18 heavy (non-hydrogen) atoms. The zero-order valence-electron chi connectivity index (χ0n) is 10.2. The molecule has 1 aromatic carbocycles. The molecule has 0 fully saturated rings. The van der Waals surface area contributed by atoms with E-state index < -0.39 is 0 Å². The summed E-state index contributed by atoms with van der Waals surface area (Å²) < 4.78 is 5.35. The first kappa shape index (κ1) is 14.0. The van der Waals surface area contributed by atoms with Gasteiger partial charge in [0.05, 0.1) is 12.5 Å². The Morgan fingerprint density at radius 3 is 3.06 bits per heavy atom. The van der Waals surface area contributed by atoms with Gasteiger partial charge in [0.1, 0.15) is 5.75 Å². The lowest BCUT2D eigenvalue weighted by atomic mass is 10.1. The van der Waals surface area contributed by atoms with E-state index in [-0.39, 0.29) is 12.5 Å². The van der Waals surface area contributed by atoms with Gasteiger partial charge in [-0.3, -0.25) is 4.79 Å². The summed E-state index contributed by atoms with van der Waals surface area (Å²) in [4.78, 5) is 11.3. The van der Waals surface area contributed by atoms with Crippen LogP contribution in [0.4, 0.5) is 0 Å². The number of carbonyl (C=O) groups is 1. The van der Waals surface area contributed by atoms with E-state index in [9.17, 15) is 4.79 Å². The molecule has 1 amide bonds. The number of carbonyl (C=O) groups excluding carboxylic acids is 1. The number of nitrogens with zero attached hydrogens (tertiary/aromatic N) is 1.